The average Bonchev–Trinajstić information content (AvgIpc) is 3.17. The van der Waals surface area contributed by atoms with Crippen LogP contribution >= 0.6 is 0 Å². The van der Waals surface area contributed by atoms with Gasteiger partial charge in [-0.05, 0) is 54.4 Å². The van der Waals surface area contributed by atoms with Crippen molar-refractivity contribution in [1.82, 2.24) is 30.4 Å². The number of aromatic nitrogens is 4. The number of carbonyl (C=O) groups excluding carboxylic acids is 1. The molecule has 0 saturated heterocycles. The van der Waals surface area contributed by atoms with E-state index in [0.29, 0.717) is 12.1 Å². The van der Waals surface area contributed by atoms with Crippen molar-refractivity contribution in [3.05, 3.63) is 72.1 Å². The summed E-state index contributed by atoms with van der Waals surface area (Å²) in [6.07, 6.45) is 1.51. The Hall–Kier alpha value is -3.06. The third-order valence-electron chi connectivity index (χ3n) is 4.01. The molecule has 0 aliphatic rings. The van der Waals surface area contributed by atoms with E-state index in [2.05, 4.69) is 37.9 Å². The maximum Gasteiger partial charge on any atom is 0.251 e. The first-order chi connectivity index (χ1) is 12.1. The molecule has 0 bridgehead atoms. The minimum atomic E-state index is -0.106. The number of likely N-dealkylation sites (N-methyl/N-ethyl adjacent to an activating group) is 1. The SMILES string of the molecule is CN(C)C(CNC(=O)c1ccc(-n2cnnn2)cc1)c1ccccc1. The Morgan fingerprint density at radius 2 is 1.84 bits per heavy atom. The highest BCUT2D eigenvalue weighted by Crippen LogP contribution is 2.17. The van der Waals surface area contributed by atoms with Crippen LogP contribution in [0, 0.1) is 0 Å². The van der Waals surface area contributed by atoms with Crippen molar-refractivity contribution < 1.29 is 4.79 Å². The normalized spacial score (nSPS) is 12.1. The van der Waals surface area contributed by atoms with Crippen molar-refractivity contribution in [1.29, 1.82) is 0 Å². The van der Waals surface area contributed by atoms with Crippen LogP contribution in [0.3, 0.4) is 0 Å². The second kappa shape index (κ2) is 7.67. The second-order valence-corrected chi connectivity index (χ2v) is 5.90. The van der Waals surface area contributed by atoms with Crippen molar-refractivity contribution in [2.24, 2.45) is 0 Å². The molecule has 0 aliphatic heterocycles. The summed E-state index contributed by atoms with van der Waals surface area (Å²) in [5.74, 6) is -0.106. The Morgan fingerprint density at radius 3 is 2.44 bits per heavy atom. The van der Waals surface area contributed by atoms with E-state index in [1.165, 1.54) is 11.9 Å². The molecular formula is C18H20N6O. The van der Waals surface area contributed by atoms with Gasteiger partial charge in [0.2, 0.25) is 0 Å². The van der Waals surface area contributed by atoms with E-state index in [4.69, 9.17) is 0 Å². The fourth-order valence-electron chi connectivity index (χ4n) is 2.61. The van der Waals surface area contributed by atoms with E-state index >= 15 is 0 Å². The van der Waals surface area contributed by atoms with Crippen LogP contribution in [0.2, 0.25) is 0 Å². The molecule has 7 nitrogen and oxygen atoms in total. The molecule has 1 N–H and O–H groups in total. The van der Waals surface area contributed by atoms with E-state index in [1.54, 1.807) is 16.8 Å². The molecule has 0 fully saturated rings. The van der Waals surface area contributed by atoms with Gasteiger partial charge < -0.3 is 10.2 Å². The molecular weight excluding hydrogens is 316 g/mol. The average molecular weight is 336 g/mol. The molecule has 1 amide bonds. The van der Waals surface area contributed by atoms with Gasteiger partial charge in [0.05, 0.1) is 11.7 Å². The lowest BCUT2D eigenvalue weighted by Gasteiger charge is -2.25. The van der Waals surface area contributed by atoms with Crippen molar-refractivity contribution in [3.8, 4) is 5.69 Å². The van der Waals surface area contributed by atoms with Crippen LogP contribution in [-0.2, 0) is 0 Å². The smallest absolute Gasteiger partial charge is 0.251 e. The van der Waals surface area contributed by atoms with Gasteiger partial charge in [0.25, 0.3) is 5.91 Å². The number of tetrazole rings is 1. The molecule has 0 saturated carbocycles. The number of rotatable bonds is 6. The zero-order chi connectivity index (χ0) is 17.6. The Bertz CT molecular complexity index is 799. The fraction of sp³-hybridized carbons (Fsp3) is 0.222. The van der Waals surface area contributed by atoms with Crippen molar-refractivity contribution in [3.63, 3.8) is 0 Å². The van der Waals surface area contributed by atoms with Gasteiger partial charge in [-0.3, -0.25) is 4.79 Å². The first kappa shape index (κ1) is 16.8. The summed E-state index contributed by atoms with van der Waals surface area (Å²) in [6.45, 7) is 0.532. The van der Waals surface area contributed by atoms with Gasteiger partial charge in [0.15, 0.2) is 0 Å². The Morgan fingerprint density at radius 1 is 1.12 bits per heavy atom. The van der Waals surface area contributed by atoms with Crippen LogP contribution in [0.5, 0.6) is 0 Å². The molecule has 1 heterocycles. The number of carbonyl (C=O) groups is 1. The predicted molar refractivity (Wildman–Crippen MR) is 94.4 cm³/mol. The summed E-state index contributed by atoms with van der Waals surface area (Å²) < 4.78 is 1.54. The summed E-state index contributed by atoms with van der Waals surface area (Å²) >= 11 is 0. The van der Waals surface area contributed by atoms with E-state index < -0.39 is 0 Å². The highest BCUT2D eigenvalue weighted by atomic mass is 16.1. The molecule has 3 rings (SSSR count). The Balaban J connectivity index is 1.65. The molecule has 0 aliphatic carbocycles. The molecule has 1 aromatic heterocycles. The highest BCUT2D eigenvalue weighted by molar-refractivity contribution is 5.94. The van der Waals surface area contributed by atoms with Gasteiger partial charge in [0.1, 0.15) is 6.33 Å². The minimum absolute atomic E-state index is 0.106. The summed E-state index contributed by atoms with van der Waals surface area (Å²) in [6, 6.07) is 17.4. The Kier molecular flexibility index (Phi) is 5.15. The van der Waals surface area contributed by atoms with Gasteiger partial charge in [-0.15, -0.1) is 5.10 Å². The first-order valence-electron chi connectivity index (χ1n) is 7.98. The summed E-state index contributed by atoms with van der Waals surface area (Å²) in [7, 11) is 4.01. The molecule has 0 spiro atoms. The zero-order valence-corrected chi connectivity index (χ0v) is 14.2. The number of nitrogens with one attached hydrogen (secondary N) is 1. The monoisotopic (exact) mass is 336 g/mol. The molecule has 1 atom stereocenters. The molecule has 25 heavy (non-hydrogen) atoms. The van der Waals surface area contributed by atoms with Crippen molar-refractivity contribution in [2.75, 3.05) is 20.6 Å². The van der Waals surface area contributed by atoms with Crippen LogP contribution in [0.15, 0.2) is 60.9 Å². The Labute approximate surface area is 146 Å². The van der Waals surface area contributed by atoms with Crippen LogP contribution in [0.25, 0.3) is 5.69 Å². The molecule has 7 heteroatoms. The van der Waals surface area contributed by atoms with Crippen molar-refractivity contribution in [2.45, 2.75) is 6.04 Å². The van der Waals surface area contributed by atoms with Crippen LogP contribution in [0.4, 0.5) is 0 Å². The van der Waals surface area contributed by atoms with E-state index in [-0.39, 0.29) is 11.9 Å². The quantitative estimate of drug-likeness (QED) is 0.741. The van der Waals surface area contributed by atoms with Crippen LogP contribution in [0.1, 0.15) is 22.0 Å². The number of hydrogen-bond acceptors (Lipinski definition) is 5. The third kappa shape index (κ3) is 4.07. The topological polar surface area (TPSA) is 75.9 Å². The number of nitrogens with zero attached hydrogens (tertiary/aromatic N) is 5. The van der Waals surface area contributed by atoms with Gasteiger partial charge in [-0.1, -0.05) is 30.3 Å². The zero-order valence-electron chi connectivity index (χ0n) is 14.2. The number of amides is 1. The minimum Gasteiger partial charge on any atom is -0.350 e. The van der Waals surface area contributed by atoms with Gasteiger partial charge >= 0.3 is 0 Å². The van der Waals surface area contributed by atoms with E-state index in [1.807, 2.05) is 44.4 Å². The molecule has 1 unspecified atom stereocenters. The van der Waals surface area contributed by atoms with Gasteiger partial charge in [-0.2, -0.15) is 0 Å². The molecule has 2 aromatic carbocycles. The molecule has 0 radical (unpaired) electrons. The maximum absolute atomic E-state index is 12.4. The lowest BCUT2D eigenvalue weighted by Crippen LogP contribution is -2.34. The fourth-order valence-corrected chi connectivity index (χ4v) is 2.61. The first-order valence-corrected chi connectivity index (χ1v) is 7.98. The second-order valence-electron chi connectivity index (χ2n) is 5.90. The highest BCUT2D eigenvalue weighted by Gasteiger charge is 2.15. The summed E-state index contributed by atoms with van der Waals surface area (Å²) in [5.41, 5.74) is 2.57. The van der Waals surface area contributed by atoms with E-state index in [0.717, 1.165) is 5.69 Å². The molecule has 3 aromatic rings. The maximum atomic E-state index is 12.4. The largest absolute Gasteiger partial charge is 0.350 e. The van der Waals surface area contributed by atoms with Gasteiger partial charge in [-0.25, -0.2) is 4.68 Å². The van der Waals surface area contributed by atoms with Gasteiger partial charge in [0, 0.05) is 12.1 Å². The number of benzene rings is 2. The van der Waals surface area contributed by atoms with Crippen LogP contribution in [-0.4, -0.2) is 51.7 Å². The summed E-state index contributed by atoms with van der Waals surface area (Å²) in [4.78, 5) is 14.5. The van der Waals surface area contributed by atoms with Crippen LogP contribution < -0.4 is 5.32 Å². The lowest BCUT2D eigenvalue weighted by atomic mass is 10.1. The van der Waals surface area contributed by atoms with Crippen molar-refractivity contribution >= 4 is 5.91 Å². The standard InChI is InChI=1S/C18H20N6O/c1-23(2)17(14-6-4-3-5-7-14)12-19-18(25)15-8-10-16(11-9-15)24-13-20-21-22-24/h3-11,13,17H,12H2,1-2H3,(H,19,25). The summed E-state index contributed by atoms with van der Waals surface area (Å²) in [5, 5.41) is 14.0. The lowest BCUT2D eigenvalue weighted by molar-refractivity contribution is 0.0942. The third-order valence-corrected chi connectivity index (χ3v) is 4.01. The van der Waals surface area contributed by atoms with E-state index in [9.17, 15) is 4.79 Å². The molecule has 128 valence electrons. The number of hydrogen-bond donors (Lipinski definition) is 1. The predicted octanol–water partition coefficient (Wildman–Crippen LogP) is 1.69.